The number of ether oxygens (including phenoxy) is 2. The number of halogens is 1. The molecule has 1 aliphatic carbocycles. The van der Waals surface area contributed by atoms with Crippen LogP contribution in [0.3, 0.4) is 0 Å². The van der Waals surface area contributed by atoms with Gasteiger partial charge in [-0.25, -0.2) is 4.68 Å². The molecule has 0 amide bonds. The van der Waals surface area contributed by atoms with E-state index in [1.165, 1.54) is 25.0 Å². The van der Waals surface area contributed by atoms with E-state index in [4.69, 9.17) is 21.1 Å². The van der Waals surface area contributed by atoms with Crippen molar-refractivity contribution in [3.8, 4) is 0 Å². The Morgan fingerprint density at radius 3 is 2.67 bits per heavy atom. The van der Waals surface area contributed by atoms with E-state index in [-0.39, 0.29) is 17.5 Å². The molecule has 0 bridgehead atoms. The van der Waals surface area contributed by atoms with Crippen molar-refractivity contribution in [2.45, 2.75) is 62.7 Å². The number of anilines is 1. The van der Waals surface area contributed by atoms with Crippen molar-refractivity contribution < 1.29 is 28.6 Å². The van der Waals surface area contributed by atoms with Crippen molar-refractivity contribution in [2.24, 2.45) is 0 Å². The molecule has 1 saturated heterocycles. The third kappa shape index (κ3) is 5.46. The van der Waals surface area contributed by atoms with Crippen molar-refractivity contribution in [1.82, 2.24) is 19.7 Å². The van der Waals surface area contributed by atoms with Crippen molar-refractivity contribution in [3.05, 3.63) is 47.4 Å². The SMILES string of the molecule is O=C(c1ccccc1)C(OCC1CCC(n2ncc3c(NC4CCCC4)nc(Cl)nc32)O1)P(=O)(O)O. The molecule has 3 N–H and O–H groups in total. The van der Waals surface area contributed by atoms with Crippen molar-refractivity contribution in [3.63, 3.8) is 0 Å². The van der Waals surface area contributed by atoms with Gasteiger partial charge in [0.05, 0.1) is 24.3 Å². The molecule has 13 heteroatoms. The van der Waals surface area contributed by atoms with Gasteiger partial charge in [-0.05, 0) is 37.3 Å². The summed E-state index contributed by atoms with van der Waals surface area (Å²) in [6.45, 7) is -0.158. The molecule has 5 rings (SSSR count). The fourth-order valence-electron chi connectivity index (χ4n) is 4.74. The van der Waals surface area contributed by atoms with Gasteiger partial charge in [-0.1, -0.05) is 43.2 Å². The normalized spacial score (nSPS) is 21.8. The average Bonchev–Trinajstić information content (AvgIpc) is 3.60. The molecule has 3 atom stereocenters. The predicted octanol–water partition coefficient (Wildman–Crippen LogP) is 3.92. The first kappa shape index (κ1) is 25.3. The second kappa shape index (κ2) is 10.5. The van der Waals surface area contributed by atoms with Crippen LogP contribution in [0.1, 0.15) is 55.1 Å². The van der Waals surface area contributed by atoms with Gasteiger partial charge in [0.2, 0.25) is 16.9 Å². The van der Waals surface area contributed by atoms with Crippen LogP contribution in [0.15, 0.2) is 36.5 Å². The summed E-state index contributed by atoms with van der Waals surface area (Å²) >= 11 is 6.21. The molecule has 0 radical (unpaired) electrons. The van der Waals surface area contributed by atoms with Crippen LogP contribution in [-0.2, 0) is 14.0 Å². The lowest BCUT2D eigenvalue weighted by Gasteiger charge is -2.20. The largest absolute Gasteiger partial charge is 0.367 e. The Kier molecular flexibility index (Phi) is 7.39. The molecule has 2 fully saturated rings. The minimum atomic E-state index is -4.86. The summed E-state index contributed by atoms with van der Waals surface area (Å²) in [5.74, 6) is -2.03. The number of carbonyl (C=O) groups excluding carboxylic acids is 1. The molecule has 36 heavy (non-hydrogen) atoms. The van der Waals surface area contributed by atoms with Gasteiger partial charge in [-0.3, -0.25) is 9.36 Å². The maximum absolute atomic E-state index is 12.7. The highest BCUT2D eigenvalue weighted by Gasteiger charge is 2.39. The molecule has 1 aliphatic heterocycles. The number of carbonyl (C=O) groups is 1. The van der Waals surface area contributed by atoms with E-state index in [0.717, 1.165) is 18.2 Å². The van der Waals surface area contributed by atoms with Crippen LogP contribution < -0.4 is 5.32 Å². The molecule has 1 saturated carbocycles. The summed E-state index contributed by atoms with van der Waals surface area (Å²) in [5, 5.41) is 8.76. The van der Waals surface area contributed by atoms with Crippen LogP contribution in [0.5, 0.6) is 0 Å². The Balaban J connectivity index is 1.27. The zero-order valence-corrected chi connectivity index (χ0v) is 21.0. The Morgan fingerprint density at radius 2 is 1.94 bits per heavy atom. The van der Waals surface area contributed by atoms with Crippen LogP contribution in [0.25, 0.3) is 11.0 Å². The van der Waals surface area contributed by atoms with Gasteiger partial charge in [-0.2, -0.15) is 15.1 Å². The van der Waals surface area contributed by atoms with Crippen molar-refractivity contribution >= 4 is 41.8 Å². The van der Waals surface area contributed by atoms with Gasteiger partial charge in [-0.15, -0.1) is 0 Å². The van der Waals surface area contributed by atoms with E-state index in [1.54, 1.807) is 29.1 Å². The number of rotatable bonds is 9. The Hall–Kier alpha value is -2.40. The zero-order chi connectivity index (χ0) is 25.3. The van der Waals surface area contributed by atoms with E-state index in [0.29, 0.717) is 30.3 Å². The lowest BCUT2D eigenvalue weighted by atomic mass is 10.1. The number of ketones is 1. The van der Waals surface area contributed by atoms with Gasteiger partial charge in [0.25, 0.3) is 0 Å². The number of hydrogen-bond acceptors (Lipinski definition) is 8. The fourth-order valence-corrected chi connectivity index (χ4v) is 5.64. The average molecular weight is 536 g/mol. The molecule has 2 aromatic heterocycles. The lowest BCUT2D eigenvalue weighted by molar-refractivity contribution is -0.0484. The van der Waals surface area contributed by atoms with Crippen LogP contribution in [0, 0.1) is 0 Å². The van der Waals surface area contributed by atoms with E-state index in [9.17, 15) is 19.1 Å². The summed E-state index contributed by atoms with van der Waals surface area (Å²) in [5.41, 5.74) is 0.701. The zero-order valence-electron chi connectivity index (χ0n) is 19.4. The first-order valence-corrected chi connectivity index (χ1v) is 13.9. The predicted molar refractivity (Wildman–Crippen MR) is 132 cm³/mol. The smallest absolute Gasteiger partial charge is 0.362 e. The first-order valence-electron chi connectivity index (χ1n) is 11.9. The van der Waals surface area contributed by atoms with Gasteiger partial charge >= 0.3 is 7.60 Å². The number of fused-ring (bicyclic) bond motifs is 1. The van der Waals surface area contributed by atoms with E-state index >= 15 is 0 Å². The fraction of sp³-hybridized carbons (Fsp3) is 0.478. The van der Waals surface area contributed by atoms with Crippen molar-refractivity contribution in [1.29, 1.82) is 0 Å². The third-order valence-corrected chi connectivity index (χ3v) is 7.67. The van der Waals surface area contributed by atoms with Gasteiger partial charge < -0.3 is 24.6 Å². The summed E-state index contributed by atoms with van der Waals surface area (Å²) in [6.07, 6.45) is 6.35. The summed E-state index contributed by atoms with van der Waals surface area (Å²) in [6, 6.07) is 8.26. The molecular formula is C23H27ClN5O6P. The molecule has 0 spiro atoms. The maximum Gasteiger partial charge on any atom is 0.362 e. The molecule has 2 aliphatic rings. The molecular weight excluding hydrogens is 509 g/mol. The number of benzene rings is 1. The quantitative estimate of drug-likeness (QED) is 0.209. The summed E-state index contributed by atoms with van der Waals surface area (Å²) < 4.78 is 25.1. The highest BCUT2D eigenvalue weighted by Crippen LogP contribution is 2.44. The van der Waals surface area contributed by atoms with Crippen molar-refractivity contribution in [2.75, 3.05) is 11.9 Å². The number of Topliss-reactive ketones (excluding diaryl/α,β-unsaturated/α-hetero) is 1. The standard InChI is InChI=1S/C23H27ClN5O6P/c24-23-27-20(26-15-8-4-5-9-15)17-12-25-29(21(17)28-23)18-11-10-16(35-18)13-34-22(36(31,32)33)19(30)14-6-2-1-3-7-14/h1-3,6-7,12,15-16,18,22H,4-5,8-11,13H2,(H,26,27,28)(H2,31,32,33). The van der Waals surface area contributed by atoms with Crippen LogP contribution >= 0.6 is 19.2 Å². The van der Waals surface area contributed by atoms with E-state index in [1.807, 2.05) is 0 Å². The van der Waals surface area contributed by atoms with E-state index < -0.39 is 31.6 Å². The second-order valence-electron chi connectivity index (χ2n) is 9.09. The van der Waals surface area contributed by atoms with Gasteiger partial charge in [0, 0.05) is 11.6 Å². The highest BCUT2D eigenvalue weighted by atomic mass is 35.5. The molecule has 1 aromatic carbocycles. The number of nitrogens with one attached hydrogen (secondary N) is 1. The molecule has 3 heterocycles. The van der Waals surface area contributed by atoms with E-state index in [2.05, 4.69) is 20.4 Å². The Bertz CT molecular complexity index is 1280. The van der Waals surface area contributed by atoms with Crippen LogP contribution in [-0.4, -0.2) is 59.9 Å². The van der Waals surface area contributed by atoms with Gasteiger partial charge in [0.15, 0.2) is 11.9 Å². The Labute approximate surface area is 212 Å². The third-order valence-electron chi connectivity index (χ3n) is 6.51. The van der Waals surface area contributed by atoms with Crippen LogP contribution in [0.4, 0.5) is 5.82 Å². The number of nitrogens with zero attached hydrogens (tertiary/aromatic N) is 4. The summed E-state index contributed by atoms with van der Waals surface area (Å²) in [7, 11) is -4.86. The summed E-state index contributed by atoms with van der Waals surface area (Å²) in [4.78, 5) is 40.9. The molecule has 192 valence electrons. The highest BCUT2D eigenvalue weighted by molar-refractivity contribution is 7.53. The minimum Gasteiger partial charge on any atom is -0.367 e. The number of hydrogen-bond donors (Lipinski definition) is 3. The topological polar surface area (TPSA) is 149 Å². The van der Waals surface area contributed by atoms with Gasteiger partial charge in [0.1, 0.15) is 5.82 Å². The molecule has 11 nitrogen and oxygen atoms in total. The lowest BCUT2D eigenvalue weighted by Crippen LogP contribution is -2.29. The first-order chi connectivity index (χ1) is 17.3. The monoisotopic (exact) mass is 535 g/mol. The molecule has 3 aromatic rings. The van der Waals surface area contributed by atoms with Crippen LogP contribution in [0.2, 0.25) is 5.28 Å². The second-order valence-corrected chi connectivity index (χ2v) is 11.1. The maximum atomic E-state index is 12.7. The number of aromatic nitrogens is 4. The minimum absolute atomic E-state index is 0.103. The Morgan fingerprint density at radius 1 is 1.19 bits per heavy atom. The molecule has 3 unspecified atom stereocenters.